The minimum absolute atomic E-state index is 0.393. The molecule has 1 atom stereocenters. The van der Waals surface area contributed by atoms with Crippen molar-refractivity contribution in [1.29, 1.82) is 0 Å². The molecule has 0 aliphatic heterocycles. The molecular weight excluding hydrogens is 551 g/mol. The molecule has 1 N–H and O–H groups in total. The van der Waals surface area contributed by atoms with Crippen LogP contribution in [0.4, 0.5) is 0 Å². The minimum Gasteiger partial charge on any atom is -0.478 e. The van der Waals surface area contributed by atoms with Crippen LogP contribution >= 0.6 is 23.9 Å². The Bertz CT molecular complexity index is 1450. The quantitative estimate of drug-likeness (QED) is 0.169. The normalized spacial score (nSPS) is 17.3. The second kappa shape index (κ2) is 11.9. The summed E-state index contributed by atoms with van der Waals surface area (Å²) >= 11 is 3.61. The van der Waals surface area contributed by atoms with Gasteiger partial charge in [-0.15, -0.1) is 0 Å². The highest BCUT2D eigenvalue weighted by Gasteiger charge is 2.45. The summed E-state index contributed by atoms with van der Waals surface area (Å²) < 4.78 is 0.878. The lowest BCUT2D eigenvalue weighted by atomic mass is 9.81. The lowest BCUT2D eigenvalue weighted by Gasteiger charge is -2.45. The van der Waals surface area contributed by atoms with Crippen molar-refractivity contribution in [2.75, 3.05) is 0 Å². The van der Waals surface area contributed by atoms with E-state index in [1.807, 2.05) is 48.5 Å². The Balaban J connectivity index is 1.77. The molecule has 1 aliphatic carbocycles. The summed E-state index contributed by atoms with van der Waals surface area (Å²) in [4.78, 5) is 12.9. The van der Waals surface area contributed by atoms with E-state index in [1.165, 1.54) is 16.2 Å². The highest BCUT2D eigenvalue weighted by molar-refractivity contribution is 9.10. The zero-order chi connectivity index (χ0) is 26.4. The van der Waals surface area contributed by atoms with Crippen molar-refractivity contribution < 1.29 is 9.90 Å². The molecule has 0 aromatic heterocycles. The average molecular weight is 579 g/mol. The highest BCUT2D eigenvalue weighted by atomic mass is 79.9. The molecule has 0 heterocycles. The number of carboxylic acids is 1. The van der Waals surface area contributed by atoms with Gasteiger partial charge in [-0.05, 0) is 60.2 Å². The van der Waals surface area contributed by atoms with Crippen molar-refractivity contribution >= 4 is 52.1 Å². The first-order valence-electron chi connectivity index (χ1n) is 12.6. The van der Waals surface area contributed by atoms with Crippen molar-refractivity contribution in [2.45, 2.75) is 18.0 Å². The monoisotopic (exact) mass is 578 g/mol. The Kier molecular flexibility index (Phi) is 8.17. The van der Waals surface area contributed by atoms with Gasteiger partial charge in [0.15, 0.2) is 0 Å². The molecule has 0 bridgehead atoms. The summed E-state index contributed by atoms with van der Waals surface area (Å²) in [5.74, 6) is -0.891. The molecule has 1 unspecified atom stereocenters. The van der Waals surface area contributed by atoms with E-state index in [1.54, 1.807) is 0 Å². The van der Waals surface area contributed by atoms with Gasteiger partial charge in [0.25, 0.3) is 0 Å². The fourth-order valence-electron chi connectivity index (χ4n) is 5.21. The molecule has 1 aliphatic rings. The SMILES string of the molecule is O=C(O)/C(=C/c1ccccc1Br)CC1(P(c2ccccc2)c2ccccc2)CC=CC=C1c1ccccc1. The fraction of sp³-hybridized carbons (Fsp3) is 0.0882. The highest BCUT2D eigenvalue weighted by Crippen LogP contribution is 2.61. The van der Waals surface area contributed by atoms with Crippen LogP contribution < -0.4 is 10.6 Å². The van der Waals surface area contributed by atoms with Gasteiger partial charge in [0.2, 0.25) is 0 Å². The summed E-state index contributed by atoms with van der Waals surface area (Å²) in [6, 6.07) is 39.4. The third-order valence-corrected chi connectivity index (χ3v) is 10.7. The molecule has 0 fully saturated rings. The van der Waals surface area contributed by atoms with E-state index in [0.717, 1.165) is 22.0 Å². The molecule has 4 aromatic carbocycles. The van der Waals surface area contributed by atoms with Gasteiger partial charge >= 0.3 is 5.97 Å². The van der Waals surface area contributed by atoms with E-state index in [4.69, 9.17) is 0 Å². The molecule has 188 valence electrons. The first-order chi connectivity index (χ1) is 18.6. The summed E-state index contributed by atoms with van der Waals surface area (Å²) in [7, 11) is -0.991. The van der Waals surface area contributed by atoms with E-state index in [2.05, 4.69) is 107 Å². The van der Waals surface area contributed by atoms with Crippen LogP contribution in [0.15, 0.2) is 144 Å². The Morgan fingerprint density at radius 2 is 1.37 bits per heavy atom. The van der Waals surface area contributed by atoms with Crippen LogP contribution in [0, 0.1) is 0 Å². The van der Waals surface area contributed by atoms with Crippen LogP contribution in [-0.2, 0) is 4.79 Å². The largest absolute Gasteiger partial charge is 0.478 e. The third kappa shape index (κ3) is 5.50. The van der Waals surface area contributed by atoms with Crippen molar-refractivity contribution in [3.05, 3.63) is 155 Å². The smallest absolute Gasteiger partial charge is 0.331 e. The molecule has 0 amide bonds. The number of carboxylic acid groups (broad SMARTS) is 1. The molecule has 4 heteroatoms. The maximum Gasteiger partial charge on any atom is 0.331 e. The zero-order valence-corrected chi connectivity index (χ0v) is 23.4. The maximum atomic E-state index is 12.9. The van der Waals surface area contributed by atoms with Gasteiger partial charge in [-0.2, -0.15) is 0 Å². The van der Waals surface area contributed by atoms with Gasteiger partial charge in [-0.1, -0.05) is 143 Å². The summed E-state index contributed by atoms with van der Waals surface area (Å²) in [5.41, 5.74) is 3.56. The van der Waals surface area contributed by atoms with Crippen LogP contribution in [0.25, 0.3) is 11.6 Å². The molecular formula is C34H28BrO2P. The topological polar surface area (TPSA) is 37.3 Å². The molecule has 0 spiro atoms. The fourth-order valence-corrected chi connectivity index (χ4v) is 8.90. The van der Waals surface area contributed by atoms with Crippen LogP contribution in [-0.4, -0.2) is 16.2 Å². The van der Waals surface area contributed by atoms with Crippen LogP contribution in [0.3, 0.4) is 0 Å². The summed E-state index contributed by atoms with van der Waals surface area (Å²) in [5, 5.41) is 12.5. The van der Waals surface area contributed by atoms with Crippen LogP contribution in [0.2, 0.25) is 0 Å². The summed E-state index contributed by atoms with van der Waals surface area (Å²) in [6.07, 6.45) is 9.47. The Morgan fingerprint density at radius 1 is 0.816 bits per heavy atom. The second-order valence-corrected chi connectivity index (χ2v) is 12.7. The maximum absolute atomic E-state index is 12.9. The van der Waals surface area contributed by atoms with Gasteiger partial charge in [0.1, 0.15) is 0 Å². The summed E-state index contributed by atoms with van der Waals surface area (Å²) in [6.45, 7) is 0. The number of rotatable bonds is 8. The number of aliphatic carboxylic acids is 1. The number of carbonyl (C=O) groups is 1. The molecule has 0 saturated carbocycles. The van der Waals surface area contributed by atoms with Crippen molar-refractivity contribution in [1.82, 2.24) is 0 Å². The van der Waals surface area contributed by atoms with Gasteiger partial charge < -0.3 is 5.11 Å². The van der Waals surface area contributed by atoms with Crippen LogP contribution in [0.5, 0.6) is 0 Å². The molecule has 4 aromatic rings. The van der Waals surface area contributed by atoms with Crippen molar-refractivity contribution in [2.24, 2.45) is 0 Å². The molecule has 2 nitrogen and oxygen atoms in total. The molecule has 38 heavy (non-hydrogen) atoms. The number of hydrogen-bond donors (Lipinski definition) is 1. The molecule has 0 saturated heterocycles. The average Bonchev–Trinajstić information content (AvgIpc) is 2.96. The number of benzene rings is 4. The predicted molar refractivity (Wildman–Crippen MR) is 164 cm³/mol. The number of allylic oxidation sites excluding steroid dienone is 4. The van der Waals surface area contributed by atoms with E-state index in [-0.39, 0.29) is 0 Å². The number of hydrogen-bond acceptors (Lipinski definition) is 1. The lowest BCUT2D eigenvalue weighted by Crippen LogP contribution is -2.38. The van der Waals surface area contributed by atoms with Gasteiger partial charge in [-0.3, -0.25) is 0 Å². The second-order valence-electron chi connectivity index (χ2n) is 9.29. The van der Waals surface area contributed by atoms with Crippen molar-refractivity contribution in [3.8, 4) is 0 Å². The van der Waals surface area contributed by atoms with E-state index in [9.17, 15) is 9.90 Å². The molecule has 5 rings (SSSR count). The van der Waals surface area contributed by atoms with Gasteiger partial charge in [0, 0.05) is 15.2 Å². The van der Waals surface area contributed by atoms with E-state index in [0.29, 0.717) is 12.0 Å². The van der Waals surface area contributed by atoms with E-state index < -0.39 is 19.0 Å². The van der Waals surface area contributed by atoms with Crippen molar-refractivity contribution in [3.63, 3.8) is 0 Å². The van der Waals surface area contributed by atoms with Gasteiger partial charge in [0.05, 0.1) is 0 Å². The van der Waals surface area contributed by atoms with E-state index >= 15 is 0 Å². The lowest BCUT2D eigenvalue weighted by molar-refractivity contribution is -0.132. The first-order valence-corrected chi connectivity index (χ1v) is 14.7. The Morgan fingerprint density at radius 3 is 1.95 bits per heavy atom. The minimum atomic E-state index is -0.991. The molecule has 0 radical (unpaired) electrons. The zero-order valence-electron chi connectivity index (χ0n) is 20.9. The predicted octanol–water partition coefficient (Wildman–Crippen LogP) is 8.22. The number of halogens is 1. The Hall–Kier alpha value is -3.52. The standard InChI is InChI=1S/C34H28BrO2P/c35-32-22-11-10-16-27(32)24-28(33(36)37)25-34(23-13-12-21-31(34)26-14-4-1-5-15-26)38(29-17-6-2-7-18-29)30-19-8-3-9-20-30/h1-22,24H,23,25H2,(H,36,37)/b28-24+. The van der Waals surface area contributed by atoms with Gasteiger partial charge in [-0.25, -0.2) is 4.79 Å². The Labute approximate surface area is 234 Å². The van der Waals surface area contributed by atoms with Crippen LogP contribution in [0.1, 0.15) is 24.0 Å². The first kappa shape index (κ1) is 26.1. The third-order valence-electron chi connectivity index (χ3n) is 6.89.